The Morgan fingerprint density at radius 3 is 2.50 bits per heavy atom. The topological polar surface area (TPSA) is 38.3 Å². The summed E-state index contributed by atoms with van der Waals surface area (Å²) in [5.41, 5.74) is 3.16. The van der Waals surface area contributed by atoms with E-state index in [1.165, 1.54) is 24.0 Å². The minimum atomic E-state index is -0.547. The van der Waals surface area contributed by atoms with Gasteiger partial charge in [0.15, 0.2) is 0 Å². The van der Waals surface area contributed by atoms with E-state index in [0.717, 1.165) is 12.8 Å². The number of aryl methyl sites for hydroxylation is 2. The van der Waals surface area contributed by atoms with E-state index in [-0.39, 0.29) is 0 Å². The predicted octanol–water partition coefficient (Wildman–Crippen LogP) is 5.48. The van der Waals surface area contributed by atoms with Gasteiger partial charge in [0.2, 0.25) is 0 Å². The lowest BCUT2D eigenvalue weighted by Crippen LogP contribution is -2.17. The number of benzene rings is 2. The predicted molar refractivity (Wildman–Crippen MR) is 89.2 cm³/mol. The maximum Gasteiger partial charge on any atom is 0.417 e. The van der Waals surface area contributed by atoms with E-state index in [4.69, 9.17) is 27.9 Å². The Morgan fingerprint density at radius 1 is 0.955 bits per heavy atom. The average Bonchev–Trinajstić information content (AvgIpc) is 2.51. The summed E-state index contributed by atoms with van der Waals surface area (Å²) in [5, 5.41) is 3.46. The van der Waals surface area contributed by atoms with Crippen molar-refractivity contribution in [3.63, 3.8) is 0 Å². The van der Waals surface area contributed by atoms with Crippen LogP contribution in [0.25, 0.3) is 0 Å². The summed E-state index contributed by atoms with van der Waals surface area (Å²) in [6.07, 6.45) is 4.01. The number of rotatable bonds is 2. The second-order valence-corrected chi connectivity index (χ2v) is 6.10. The van der Waals surface area contributed by atoms with Crippen LogP contribution in [-0.2, 0) is 12.8 Å². The Kier molecular flexibility index (Phi) is 4.55. The molecule has 3 rings (SSSR count). The lowest BCUT2D eigenvalue weighted by molar-refractivity contribution is 0.215. The van der Waals surface area contributed by atoms with Crippen molar-refractivity contribution in [2.24, 2.45) is 0 Å². The number of carbonyl (C=O) groups excluding carboxylic acids is 1. The summed E-state index contributed by atoms with van der Waals surface area (Å²) < 4.78 is 5.33. The molecule has 0 bridgehead atoms. The minimum Gasteiger partial charge on any atom is -0.410 e. The zero-order valence-corrected chi connectivity index (χ0v) is 13.4. The zero-order chi connectivity index (χ0) is 15.5. The van der Waals surface area contributed by atoms with Gasteiger partial charge >= 0.3 is 6.09 Å². The Balaban J connectivity index is 1.67. The summed E-state index contributed by atoms with van der Waals surface area (Å²) in [5.74, 6) is 0.554. The van der Waals surface area contributed by atoms with Gasteiger partial charge in [-0.1, -0.05) is 29.3 Å². The molecule has 1 aliphatic carbocycles. The SMILES string of the molecule is O=C(Nc1ccc(Cl)c(Cl)c1)Oc1ccc2c(c1)CCCC2. The van der Waals surface area contributed by atoms with Crippen LogP contribution in [0.2, 0.25) is 10.0 Å². The van der Waals surface area contributed by atoms with Crippen molar-refractivity contribution in [2.45, 2.75) is 25.7 Å². The third kappa shape index (κ3) is 3.54. The van der Waals surface area contributed by atoms with Crippen LogP contribution in [0.3, 0.4) is 0 Å². The first-order valence-electron chi connectivity index (χ1n) is 7.17. The summed E-state index contributed by atoms with van der Waals surface area (Å²) in [6.45, 7) is 0. The number of fused-ring (bicyclic) bond motifs is 1. The van der Waals surface area contributed by atoms with Crippen LogP contribution >= 0.6 is 23.2 Å². The lowest BCUT2D eigenvalue weighted by Gasteiger charge is -2.16. The third-order valence-corrected chi connectivity index (χ3v) is 4.44. The van der Waals surface area contributed by atoms with Crippen molar-refractivity contribution in [2.75, 3.05) is 5.32 Å². The van der Waals surface area contributed by atoms with Crippen LogP contribution in [0.15, 0.2) is 36.4 Å². The quantitative estimate of drug-likeness (QED) is 0.788. The fraction of sp³-hybridized carbons (Fsp3) is 0.235. The Hall–Kier alpha value is -1.71. The first kappa shape index (κ1) is 15.2. The highest BCUT2D eigenvalue weighted by atomic mass is 35.5. The van der Waals surface area contributed by atoms with E-state index < -0.39 is 6.09 Å². The number of carbonyl (C=O) groups is 1. The molecular weight excluding hydrogens is 321 g/mol. The number of hydrogen-bond donors (Lipinski definition) is 1. The molecule has 22 heavy (non-hydrogen) atoms. The highest BCUT2D eigenvalue weighted by molar-refractivity contribution is 6.42. The molecule has 114 valence electrons. The second-order valence-electron chi connectivity index (χ2n) is 5.28. The molecule has 3 nitrogen and oxygen atoms in total. The van der Waals surface area contributed by atoms with Crippen molar-refractivity contribution >= 4 is 35.0 Å². The van der Waals surface area contributed by atoms with Crippen LogP contribution in [0.5, 0.6) is 5.75 Å². The standard InChI is InChI=1S/C17H15Cl2NO2/c18-15-8-6-13(10-16(15)19)20-17(21)22-14-7-5-11-3-1-2-4-12(11)9-14/h5-10H,1-4H2,(H,20,21). The number of halogens is 2. The molecule has 0 aliphatic heterocycles. The molecule has 0 saturated heterocycles. The molecule has 0 aromatic heterocycles. The summed E-state index contributed by atoms with van der Waals surface area (Å²) in [6, 6.07) is 10.7. The molecule has 0 radical (unpaired) electrons. The molecular formula is C17H15Cl2NO2. The van der Waals surface area contributed by atoms with E-state index in [0.29, 0.717) is 21.5 Å². The number of hydrogen-bond acceptors (Lipinski definition) is 2. The fourth-order valence-corrected chi connectivity index (χ4v) is 2.90. The van der Waals surface area contributed by atoms with Gasteiger partial charge in [-0.3, -0.25) is 5.32 Å². The molecule has 2 aromatic carbocycles. The first-order chi connectivity index (χ1) is 10.6. The Labute approximate surface area is 139 Å². The van der Waals surface area contributed by atoms with Crippen LogP contribution in [0.4, 0.5) is 10.5 Å². The van der Waals surface area contributed by atoms with Gasteiger partial charge in [0.1, 0.15) is 5.75 Å². The maximum absolute atomic E-state index is 11.9. The fourth-order valence-electron chi connectivity index (χ4n) is 2.60. The molecule has 1 aliphatic rings. The van der Waals surface area contributed by atoms with Gasteiger partial charge in [-0.25, -0.2) is 4.79 Å². The normalized spacial score (nSPS) is 13.4. The molecule has 0 heterocycles. The number of anilines is 1. The maximum atomic E-state index is 11.9. The smallest absolute Gasteiger partial charge is 0.410 e. The van der Waals surface area contributed by atoms with Gasteiger partial charge in [0.05, 0.1) is 10.0 Å². The van der Waals surface area contributed by atoms with Gasteiger partial charge in [-0.15, -0.1) is 0 Å². The summed E-state index contributed by atoms with van der Waals surface area (Å²) in [7, 11) is 0. The van der Waals surface area contributed by atoms with E-state index in [1.54, 1.807) is 18.2 Å². The largest absolute Gasteiger partial charge is 0.417 e. The first-order valence-corrected chi connectivity index (χ1v) is 7.93. The molecule has 0 spiro atoms. The van der Waals surface area contributed by atoms with E-state index in [9.17, 15) is 4.79 Å². The average molecular weight is 336 g/mol. The highest BCUT2D eigenvalue weighted by Crippen LogP contribution is 2.27. The highest BCUT2D eigenvalue weighted by Gasteiger charge is 2.12. The Bertz CT molecular complexity index is 716. The number of nitrogens with one attached hydrogen (secondary N) is 1. The van der Waals surface area contributed by atoms with Crippen molar-refractivity contribution < 1.29 is 9.53 Å². The van der Waals surface area contributed by atoms with Crippen LogP contribution in [0, 0.1) is 0 Å². The van der Waals surface area contributed by atoms with E-state index in [1.807, 2.05) is 18.2 Å². The monoisotopic (exact) mass is 335 g/mol. The lowest BCUT2D eigenvalue weighted by atomic mass is 9.92. The van der Waals surface area contributed by atoms with E-state index in [2.05, 4.69) is 5.32 Å². The second kappa shape index (κ2) is 6.59. The molecule has 5 heteroatoms. The zero-order valence-electron chi connectivity index (χ0n) is 11.9. The molecule has 0 unspecified atom stereocenters. The molecule has 0 fully saturated rings. The van der Waals surface area contributed by atoms with Gasteiger partial charge in [-0.2, -0.15) is 0 Å². The molecule has 2 aromatic rings. The number of amides is 1. The van der Waals surface area contributed by atoms with E-state index >= 15 is 0 Å². The molecule has 1 N–H and O–H groups in total. The van der Waals surface area contributed by atoms with Gasteiger partial charge in [0.25, 0.3) is 0 Å². The van der Waals surface area contributed by atoms with Crippen molar-refractivity contribution in [1.82, 2.24) is 0 Å². The molecule has 1 amide bonds. The van der Waals surface area contributed by atoms with Gasteiger partial charge < -0.3 is 4.74 Å². The minimum absolute atomic E-state index is 0.383. The Morgan fingerprint density at radius 2 is 1.73 bits per heavy atom. The van der Waals surface area contributed by atoms with Gasteiger partial charge in [-0.05, 0) is 67.1 Å². The van der Waals surface area contributed by atoms with Crippen LogP contribution in [-0.4, -0.2) is 6.09 Å². The summed E-state index contributed by atoms with van der Waals surface area (Å²) in [4.78, 5) is 11.9. The third-order valence-electron chi connectivity index (χ3n) is 3.70. The van der Waals surface area contributed by atoms with Gasteiger partial charge in [0, 0.05) is 5.69 Å². The molecule has 0 saturated carbocycles. The van der Waals surface area contributed by atoms with Crippen LogP contribution < -0.4 is 10.1 Å². The molecule has 0 atom stereocenters. The van der Waals surface area contributed by atoms with Crippen molar-refractivity contribution in [3.8, 4) is 5.75 Å². The van der Waals surface area contributed by atoms with Crippen molar-refractivity contribution in [3.05, 3.63) is 57.6 Å². The van der Waals surface area contributed by atoms with Crippen LogP contribution in [0.1, 0.15) is 24.0 Å². The van der Waals surface area contributed by atoms with Crippen molar-refractivity contribution in [1.29, 1.82) is 0 Å². The summed E-state index contributed by atoms with van der Waals surface area (Å²) >= 11 is 11.8. The number of ether oxygens (including phenoxy) is 1.